The van der Waals surface area contributed by atoms with Crippen LogP contribution in [0, 0.1) is 5.41 Å². The van der Waals surface area contributed by atoms with Gasteiger partial charge in [-0.05, 0) is 74.2 Å². The number of rotatable bonds is 11. The zero-order valence-corrected chi connectivity index (χ0v) is 15.2. The zero-order chi connectivity index (χ0) is 19.5. The summed E-state index contributed by atoms with van der Waals surface area (Å²) in [6.45, 7) is 1.31. The van der Waals surface area contributed by atoms with Gasteiger partial charge in [0.2, 0.25) is 0 Å². The molecule has 0 saturated carbocycles. The van der Waals surface area contributed by atoms with Crippen molar-refractivity contribution < 1.29 is 14.7 Å². The molecule has 0 aliphatic heterocycles. The van der Waals surface area contributed by atoms with Gasteiger partial charge in [0.1, 0.15) is 17.3 Å². The average Bonchev–Trinajstić information content (AvgIpc) is 2.70. The standard InChI is InChI=1S/C20H26N4O3/c21-19(22)15-5-9-17(10-6-15)26-13-3-1-2-4-14-27-18-11-7-16(8-12-18)20(23)24-25/h5-12,25H,1-4,13-14H2,(H3,21,22)(H2,23,24). The van der Waals surface area contributed by atoms with Crippen LogP contribution in [0.1, 0.15) is 36.8 Å². The SMILES string of the molecule is N=C(N)c1ccc(OCCCCCCOc2ccc(/C(N)=N\O)cc2)cc1. The Bertz CT molecular complexity index is 743. The number of ether oxygens (including phenoxy) is 2. The number of hydrogen-bond donors (Lipinski definition) is 4. The molecule has 0 bridgehead atoms. The first-order chi connectivity index (χ1) is 13.1. The largest absolute Gasteiger partial charge is 0.494 e. The maximum absolute atomic E-state index is 8.63. The Balaban J connectivity index is 1.54. The highest BCUT2D eigenvalue weighted by atomic mass is 16.5. The number of nitrogen functional groups attached to an aromatic ring is 1. The van der Waals surface area contributed by atoms with Gasteiger partial charge < -0.3 is 26.1 Å². The molecule has 0 fully saturated rings. The Kier molecular flexibility index (Phi) is 7.96. The summed E-state index contributed by atoms with van der Waals surface area (Å²) in [7, 11) is 0. The van der Waals surface area contributed by atoms with Gasteiger partial charge in [-0.2, -0.15) is 0 Å². The van der Waals surface area contributed by atoms with Crippen molar-refractivity contribution in [3.8, 4) is 11.5 Å². The predicted molar refractivity (Wildman–Crippen MR) is 106 cm³/mol. The maximum Gasteiger partial charge on any atom is 0.170 e. The zero-order valence-electron chi connectivity index (χ0n) is 15.2. The van der Waals surface area contributed by atoms with Crippen LogP contribution in [0.2, 0.25) is 0 Å². The minimum atomic E-state index is 0.0582. The number of benzene rings is 2. The molecule has 6 N–H and O–H groups in total. The lowest BCUT2D eigenvalue weighted by atomic mass is 10.2. The van der Waals surface area contributed by atoms with E-state index in [0.717, 1.165) is 37.2 Å². The lowest BCUT2D eigenvalue weighted by molar-refractivity contribution is 0.287. The Hall–Kier alpha value is -3.22. The van der Waals surface area contributed by atoms with Crippen molar-refractivity contribution in [1.29, 1.82) is 5.41 Å². The number of unbranched alkanes of at least 4 members (excludes halogenated alkanes) is 3. The third-order valence-electron chi connectivity index (χ3n) is 4.00. The van der Waals surface area contributed by atoms with E-state index in [-0.39, 0.29) is 11.7 Å². The van der Waals surface area contributed by atoms with Crippen LogP contribution in [-0.2, 0) is 0 Å². The van der Waals surface area contributed by atoms with E-state index >= 15 is 0 Å². The minimum Gasteiger partial charge on any atom is -0.494 e. The minimum absolute atomic E-state index is 0.0582. The molecule has 7 heteroatoms. The van der Waals surface area contributed by atoms with Gasteiger partial charge in [-0.1, -0.05) is 5.16 Å². The molecule has 0 radical (unpaired) electrons. The number of nitrogens with two attached hydrogens (primary N) is 2. The highest BCUT2D eigenvalue weighted by Crippen LogP contribution is 2.14. The monoisotopic (exact) mass is 370 g/mol. The predicted octanol–water partition coefficient (Wildman–Crippen LogP) is 3.08. The van der Waals surface area contributed by atoms with Gasteiger partial charge in [-0.15, -0.1) is 0 Å². The van der Waals surface area contributed by atoms with Crippen molar-refractivity contribution in [2.24, 2.45) is 16.6 Å². The molecule has 144 valence electrons. The van der Waals surface area contributed by atoms with Crippen molar-refractivity contribution in [2.75, 3.05) is 13.2 Å². The Labute approximate surface area is 159 Å². The topological polar surface area (TPSA) is 127 Å². The molecule has 0 aromatic heterocycles. The molecule has 27 heavy (non-hydrogen) atoms. The molecule has 0 amide bonds. The molecule has 0 saturated heterocycles. The summed E-state index contributed by atoms with van der Waals surface area (Å²) in [5.41, 5.74) is 12.3. The summed E-state index contributed by atoms with van der Waals surface area (Å²) in [5.74, 6) is 1.70. The lowest BCUT2D eigenvalue weighted by Crippen LogP contribution is -2.12. The van der Waals surface area contributed by atoms with Crippen LogP contribution < -0.4 is 20.9 Å². The lowest BCUT2D eigenvalue weighted by Gasteiger charge is -2.08. The normalized spacial score (nSPS) is 11.2. The molecule has 0 heterocycles. The van der Waals surface area contributed by atoms with E-state index < -0.39 is 0 Å². The Morgan fingerprint density at radius 3 is 1.63 bits per heavy atom. The van der Waals surface area contributed by atoms with Crippen LogP contribution in [0.3, 0.4) is 0 Å². The third kappa shape index (κ3) is 6.89. The second-order valence-corrected chi connectivity index (χ2v) is 6.06. The van der Waals surface area contributed by atoms with E-state index in [9.17, 15) is 0 Å². The Morgan fingerprint density at radius 1 is 0.778 bits per heavy atom. The summed E-state index contributed by atoms with van der Waals surface area (Å²) in [6, 6.07) is 14.3. The molecule has 2 aromatic carbocycles. The molecule has 0 aliphatic carbocycles. The summed E-state index contributed by atoms with van der Waals surface area (Å²) in [6.07, 6.45) is 4.07. The molecule has 0 atom stereocenters. The molecular formula is C20H26N4O3. The van der Waals surface area contributed by atoms with Crippen molar-refractivity contribution >= 4 is 11.7 Å². The van der Waals surface area contributed by atoms with Crippen LogP contribution in [0.25, 0.3) is 0 Å². The third-order valence-corrected chi connectivity index (χ3v) is 4.00. The fourth-order valence-electron chi connectivity index (χ4n) is 2.45. The van der Waals surface area contributed by atoms with Crippen molar-refractivity contribution in [3.63, 3.8) is 0 Å². The van der Waals surface area contributed by atoms with E-state index in [0.29, 0.717) is 24.3 Å². The van der Waals surface area contributed by atoms with Gasteiger partial charge in [-0.25, -0.2) is 0 Å². The summed E-state index contributed by atoms with van der Waals surface area (Å²) >= 11 is 0. The van der Waals surface area contributed by atoms with Crippen molar-refractivity contribution in [2.45, 2.75) is 25.7 Å². The fourth-order valence-corrected chi connectivity index (χ4v) is 2.45. The molecule has 0 aliphatic rings. The van der Waals surface area contributed by atoms with E-state index in [1.54, 1.807) is 36.4 Å². The first-order valence-corrected chi connectivity index (χ1v) is 8.88. The number of hydrogen-bond acceptors (Lipinski definition) is 5. The Morgan fingerprint density at radius 2 is 1.22 bits per heavy atom. The number of nitrogens with zero attached hydrogens (tertiary/aromatic N) is 1. The van der Waals surface area contributed by atoms with Gasteiger partial charge in [0, 0.05) is 11.1 Å². The van der Waals surface area contributed by atoms with E-state index in [2.05, 4.69) is 5.16 Å². The van der Waals surface area contributed by atoms with E-state index in [1.807, 2.05) is 12.1 Å². The summed E-state index contributed by atoms with van der Waals surface area (Å²) in [4.78, 5) is 0. The number of amidine groups is 2. The van der Waals surface area contributed by atoms with Crippen LogP contribution in [0.5, 0.6) is 11.5 Å². The quantitative estimate of drug-likeness (QED) is 0.159. The van der Waals surface area contributed by atoms with Gasteiger partial charge in [0.25, 0.3) is 0 Å². The maximum atomic E-state index is 8.63. The first-order valence-electron chi connectivity index (χ1n) is 8.88. The highest BCUT2D eigenvalue weighted by Gasteiger charge is 2.00. The van der Waals surface area contributed by atoms with Gasteiger partial charge in [-0.3, -0.25) is 5.41 Å². The van der Waals surface area contributed by atoms with E-state index in [4.69, 9.17) is 31.6 Å². The molecule has 0 unspecified atom stereocenters. The van der Waals surface area contributed by atoms with E-state index in [1.165, 1.54) is 0 Å². The van der Waals surface area contributed by atoms with Crippen LogP contribution in [0.15, 0.2) is 53.7 Å². The second kappa shape index (κ2) is 10.7. The van der Waals surface area contributed by atoms with Crippen LogP contribution >= 0.6 is 0 Å². The molecule has 2 aromatic rings. The molecule has 7 nitrogen and oxygen atoms in total. The summed E-state index contributed by atoms with van der Waals surface area (Å²) < 4.78 is 11.4. The molecule has 2 rings (SSSR count). The van der Waals surface area contributed by atoms with Gasteiger partial charge in [0.05, 0.1) is 13.2 Å². The summed E-state index contributed by atoms with van der Waals surface area (Å²) in [5, 5.41) is 18.9. The second-order valence-electron chi connectivity index (χ2n) is 6.06. The fraction of sp³-hybridized carbons (Fsp3) is 0.300. The van der Waals surface area contributed by atoms with Gasteiger partial charge in [0.15, 0.2) is 5.84 Å². The van der Waals surface area contributed by atoms with Crippen molar-refractivity contribution in [1.82, 2.24) is 0 Å². The van der Waals surface area contributed by atoms with Crippen LogP contribution in [0.4, 0.5) is 0 Å². The number of nitrogens with one attached hydrogen (secondary N) is 1. The smallest absolute Gasteiger partial charge is 0.170 e. The first kappa shape index (κ1) is 20.1. The van der Waals surface area contributed by atoms with Crippen molar-refractivity contribution in [3.05, 3.63) is 59.7 Å². The molecular weight excluding hydrogens is 344 g/mol. The average molecular weight is 370 g/mol. The highest BCUT2D eigenvalue weighted by molar-refractivity contribution is 5.97. The molecule has 0 spiro atoms. The van der Waals surface area contributed by atoms with Crippen LogP contribution in [-0.4, -0.2) is 30.1 Å². The van der Waals surface area contributed by atoms with Gasteiger partial charge >= 0.3 is 0 Å². The number of oxime groups is 1.